The highest BCUT2D eigenvalue weighted by Crippen LogP contribution is 2.39. The van der Waals surface area contributed by atoms with Crippen LogP contribution in [0.4, 0.5) is 17.3 Å². The summed E-state index contributed by atoms with van der Waals surface area (Å²) in [6, 6.07) is 8.21. The van der Waals surface area contributed by atoms with Gasteiger partial charge in [0.2, 0.25) is 11.6 Å². The van der Waals surface area contributed by atoms with Gasteiger partial charge < -0.3 is 5.73 Å². The van der Waals surface area contributed by atoms with E-state index in [1.54, 1.807) is 10.7 Å². The lowest BCUT2D eigenvalue weighted by molar-refractivity contribution is -0.494. The Morgan fingerprint density at radius 2 is 1.91 bits per heavy atom. The number of anilines is 1. The Morgan fingerprint density at radius 1 is 1.13 bits per heavy atom. The van der Waals surface area contributed by atoms with Crippen molar-refractivity contribution in [2.45, 2.75) is 25.7 Å². The zero-order chi connectivity index (χ0) is 15.8. The van der Waals surface area contributed by atoms with Crippen molar-refractivity contribution in [3.8, 4) is 11.1 Å². The van der Waals surface area contributed by atoms with Gasteiger partial charge in [-0.05, 0) is 17.7 Å². The molecule has 23 heavy (non-hydrogen) atoms. The molecule has 1 fully saturated rings. The van der Waals surface area contributed by atoms with Crippen LogP contribution in [0.2, 0.25) is 0 Å². The predicted molar refractivity (Wildman–Crippen MR) is 89.2 cm³/mol. The number of nitrogens with two attached hydrogens (primary N) is 1. The Hall–Kier alpha value is -2.76. The van der Waals surface area contributed by atoms with Gasteiger partial charge in [0.05, 0.1) is 11.7 Å². The van der Waals surface area contributed by atoms with Crippen LogP contribution in [0.25, 0.3) is 16.6 Å². The highest BCUT2D eigenvalue weighted by molar-refractivity contribution is 5.83. The average molecular weight is 307 g/mol. The minimum absolute atomic E-state index is 0.269. The number of hydrogen-bond donors (Lipinski definition) is 1. The number of fused-ring (bicyclic) bond motifs is 2. The second kappa shape index (κ2) is 5.46. The lowest BCUT2D eigenvalue weighted by Crippen LogP contribution is -2.02. The van der Waals surface area contributed by atoms with Gasteiger partial charge in [0.1, 0.15) is 0 Å². The molecule has 116 valence electrons. The zero-order valence-electron chi connectivity index (χ0n) is 13.1. The van der Waals surface area contributed by atoms with E-state index in [4.69, 9.17) is 5.73 Å². The first-order chi connectivity index (χ1) is 11.2. The molecule has 6 nitrogen and oxygen atoms in total. The lowest BCUT2D eigenvalue weighted by Gasteiger charge is -2.08. The second-order valence-corrected chi connectivity index (χ2v) is 5.92. The summed E-state index contributed by atoms with van der Waals surface area (Å²) >= 11 is 0. The molecule has 0 atom stereocenters. The molecule has 1 aliphatic carbocycles. The maximum atomic E-state index is 5.58. The highest BCUT2D eigenvalue weighted by Gasteiger charge is 2.25. The van der Waals surface area contributed by atoms with Gasteiger partial charge >= 0.3 is 0 Å². The van der Waals surface area contributed by atoms with Gasteiger partial charge in [0.25, 0.3) is 5.69 Å². The van der Waals surface area contributed by atoms with E-state index in [1.807, 2.05) is 30.1 Å². The van der Waals surface area contributed by atoms with Crippen LogP contribution in [-0.4, -0.2) is 26.3 Å². The number of hydrogen-bond acceptors (Lipinski definition) is 4. The van der Waals surface area contributed by atoms with Gasteiger partial charge in [-0.3, -0.25) is 0 Å². The SMILES string of the molecule is C1CCC1.C[N+]1=Nc2ccc(-c3ccn4nc(N)ncc34)cc21. The van der Waals surface area contributed by atoms with Crippen molar-refractivity contribution in [3.63, 3.8) is 0 Å². The molecule has 1 aliphatic heterocycles. The Kier molecular flexibility index (Phi) is 3.29. The van der Waals surface area contributed by atoms with E-state index >= 15 is 0 Å². The molecule has 2 aliphatic rings. The molecule has 0 unspecified atom stereocenters. The first-order valence-electron chi connectivity index (χ1n) is 7.92. The molecule has 1 aromatic carbocycles. The molecule has 0 bridgehead atoms. The van der Waals surface area contributed by atoms with Crippen molar-refractivity contribution >= 4 is 22.8 Å². The second-order valence-electron chi connectivity index (χ2n) is 5.92. The zero-order valence-corrected chi connectivity index (χ0v) is 13.1. The van der Waals surface area contributed by atoms with Crippen molar-refractivity contribution in [1.82, 2.24) is 14.6 Å². The predicted octanol–water partition coefficient (Wildman–Crippen LogP) is 3.91. The van der Waals surface area contributed by atoms with Crippen LogP contribution >= 0.6 is 0 Å². The summed E-state index contributed by atoms with van der Waals surface area (Å²) < 4.78 is 3.61. The van der Waals surface area contributed by atoms with E-state index in [1.165, 1.54) is 25.7 Å². The lowest BCUT2D eigenvalue weighted by atomic mass is 10.0. The summed E-state index contributed by atoms with van der Waals surface area (Å²) in [7, 11) is 1.94. The van der Waals surface area contributed by atoms with Gasteiger partial charge in [0, 0.05) is 22.9 Å². The third-order valence-electron chi connectivity index (χ3n) is 4.33. The molecule has 2 N–H and O–H groups in total. The summed E-state index contributed by atoms with van der Waals surface area (Å²) in [5, 5.41) is 8.41. The summed E-state index contributed by atoms with van der Waals surface area (Å²) in [4.78, 5) is 4.05. The normalized spacial score (nSPS) is 14.9. The fourth-order valence-electron chi connectivity index (χ4n) is 2.61. The van der Waals surface area contributed by atoms with E-state index < -0.39 is 0 Å². The fourth-order valence-corrected chi connectivity index (χ4v) is 2.61. The quantitative estimate of drug-likeness (QED) is 0.693. The highest BCUT2D eigenvalue weighted by atomic mass is 15.3. The molecule has 0 radical (unpaired) electrons. The number of benzene rings is 1. The molecule has 3 aromatic rings. The maximum absolute atomic E-state index is 5.58. The molecular weight excluding hydrogens is 288 g/mol. The first kappa shape index (κ1) is 13.9. The number of rotatable bonds is 1. The minimum Gasteiger partial charge on any atom is -0.367 e. The molecule has 3 heterocycles. The van der Waals surface area contributed by atoms with Gasteiger partial charge in [-0.2, -0.15) is 0 Å². The van der Waals surface area contributed by atoms with Crippen molar-refractivity contribution in [1.29, 1.82) is 0 Å². The Bertz CT molecular complexity index is 901. The van der Waals surface area contributed by atoms with Crippen molar-refractivity contribution in [3.05, 3.63) is 36.7 Å². The van der Waals surface area contributed by atoms with E-state index in [2.05, 4.69) is 27.3 Å². The van der Waals surface area contributed by atoms with Crippen LogP contribution in [-0.2, 0) is 0 Å². The summed E-state index contributed by atoms with van der Waals surface area (Å²) in [6.45, 7) is 0. The van der Waals surface area contributed by atoms with Crippen molar-refractivity contribution in [2.24, 2.45) is 5.11 Å². The molecule has 0 spiro atoms. The molecule has 5 rings (SSSR count). The largest absolute Gasteiger partial charge is 0.367 e. The number of nitrogens with zero attached hydrogens (tertiary/aromatic N) is 5. The topological polar surface area (TPSA) is 71.6 Å². The Morgan fingerprint density at radius 3 is 2.61 bits per heavy atom. The van der Waals surface area contributed by atoms with Crippen LogP contribution in [0, 0.1) is 0 Å². The van der Waals surface area contributed by atoms with Gasteiger partial charge in [-0.25, -0.2) is 9.50 Å². The summed E-state index contributed by atoms with van der Waals surface area (Å²) in [5.41, 5.74) is 10.9. The average Bonchev–Trinajstić information content (AvgIpc) is 2.87. The van der Waals surface area contributed by atoms with Crippen LogP contribution in [0.5, 0.6) is 0 Å². The molecule has 1 saturated carbocycles. The Labute approximate surface area is 134 Å². The van der Waals surface area contributed by atoms with E-state index in [0.717, 1.165) is 28.0 Å². The van der Waals surface area contributed by atoms with E-state index in [0.29, 0.717) is 0 Å². The molecule has 0 saturated heterocycles. The summed E-state index contributed by atoms with van der Waals surface area (Å²) in [5.74, 6) is 0.269. The van der Waals surface area contributed by atoms with Crippen LogP contribution in [0.3, 0.4) is 0 Å². The molecule has 2 aromatic heterocycles. The van der Waals surface area contributed by atoms with E-state index in [9.17, 15) is 0 Å². The van der Waals surface area contributed by atoms with Crippen LogP contribution < -0.4 is 5.73 Å². The molecule has 0 amide bonds. The summed E-state index contributed by atoms with van der Waals surface area (Å²) in [6.07, 6.45) is 9.63. The third-order valence-corrected chi connectivity index (χ3v) is 4.33. The maximum Gasteiger partial charge on any atom is 0.263 e. The smallest absolute Gasteiger partial charge is 0.263 e. The standard InChI is InChI=1S/C13H11N6.C4H8/c1-18-11-6-8(2-3-10(11)16-18)9-4-5-19-12(9)7-15-13(14)17-19;1-2-4-3-1/h2-7H,1H3,(H2,14,15,17);1-4H2/q+1;. The Balaban J connectivity index is 0.000000297. The van der Waals surface area contributed by atoms with Gasteiger partial charge in [-0.1, -0.05) is 36.4 Å². The fraction of sp³-hybridized carbons (Fsp3) is 0.294. The third kappa shape index (κ3) is 2.46. The minimum atomic E-state index is 0.269. The van der Waals surface area contributed by atoms with Crippen LogP contribution in [0.1, 0.15) is 25.7 Å². The number of azo groups is 2. The van der Waals surface area contributed by atoms with Gasteiger partial charge in [-0.15, -0.1) is 5.10 Å². The van der Waals surface area contributed by atoms with E-state index in [-0.39, 0.29) is 5.95 Å². The van der Waals surface area contributed by atoms with Crippen molar-refractivity contribution < 1.29 is 4.70 Å². The van der Waals surface area contributed by atoms with Crippen LogP contribution in [0.15, 0.2) is 41.8 Å². The monoisotopic (exact) mass is 307 g/mol. The number of aromatic nitrogens is 3. The molecule has 6 heteroatoms. The van der Waals surface area contributed by atoms with Crippen molar-refractivity contribution in [2.75, 3.05) is 12.8 Å². The van der Waals surface area contributed by atoms with Gasteiger partial charge in [0.15, 0.2) is 7.05 Å². The number of nitrogen functional groups attached to an aromatic ring is 1. The first-order valence-corrected chi connectivity index (χ1v) is 7.92. The molecular formula is C17H19N6+.